The maximum Gasteiger partial charge on any atom is 0.151 e. The molecule has 0 amide bonds. The molecule has 1 aliphatic rings. The topological polar surface area (TPSA) is 80.5 Å². The lowest BCUT2D eigenvalue weighted by Gasteiger charge is -2.10. The Kier molecular flexibility index (Phi) is 3.49. The molecule has 1 saturated carbocycles. The molecule has 7 nitrogen and oxygen atoms in total. The highest BCUT2D eigenvalue weighted by molar-refractivity contribution is 5.48. The molecule has 0 unspecified atom stereocenters. The van der Waals surface area contributed by atoms with Gasteiger partial charge in [-0.2, -0.15) is 0 Å². The number of hydrogen-bond donors (Lipinski definition) is 2. The highest BCUT2D eigenvalue weighted by Gasteiger charge is 2.27. The summed E-state index contributed by atoms with van der Waals surface area (Å²) in [4.78, 5) is 9.14. The first kappa shape index (κ1) is 12.8. The van der Waals surface area contributed by atoms with Gasteiger partial charge in [-0.1, -0.05) is 0 Å². The summed E-state index contributed by atoms with van der Waals surface area (Å²) in [5.74, 6) is 4.06. The van der Waals surface area contributed by atoms with Crippen LogP contribution in [0.3, 0.4) is 0 Å². The van der Waals surface area contributed by atoms with E-state index in [1.54, 1.807) is 6.33 Å². The fourth-order valence-corrected chi connectivity index (χ4v) is 1.99. The van der Waals surface area contributed by atoms with E-state index in [0.29, 0.717) is 12.5 Å². The molecule has 3 rings (SSSR count). The van der Waals surface area contributed by atoms with Gasteiger partial charge in [0.15, 0.2) is 5.82 Å². The number of nitrogens with zero attached hydrogens (tertiary/aromatic N) is 5. The van der Waals surface area contributed by atoms with Crippen molar-refractivity contribution in [3.05, 3.63) is 24.0 Å². The molecule has 106 valence electrons. The molecular weight excluding hydrogens is 254 g/mol. The van der Waals surface area contributed by atoms with Gasteiger partial charge in [-0.25, -0.2) is 9.97 Å². The molecule has 0 atom stereocenters. The van der Waals surface area contributed by atoms with Crippen LogP contribution in [-0.2, 0) is 13.6 Å². The Morgan fingerprint density at radius 3 is 2.60 bits per heavy atom. The second-order valence-corrected chi connectivity index (χ2v) is 5.01. The maximum absolute atomic E-state index is 4.59. The third kappa shape index (κ3) is 2.87. The van der Waals surface area contributed by atoms with Gasteiger partial charge >= 0.3 is 0 Å². The summed E-state index contributed by atoms with van der Waals surface area (Å²) in [6, 6.07) is 1.94. The van der Waals surface area contributed by atoms with Crippen LogP contribution in [0.15, 0.2) is 12.4 Å². The first-order valence-corrected chi connectivity index (χ1v) is 6.96. The molecule has 2 aromatic heterocycles. The normalized spacial score (nSPS) is 14.3. The van der Waals surface area contributed by atoms with E-state index in [9.17, 15) is 0 Å². The molecule has 0 spiro atoms. The molecular formula is C13H19N7. The molecule has 7 heteroatoms. The van der Waals surface area contributed by atoms with E-state index in [1.807, 2.05) is 17.7 Å². The van der Waals surface area contributed by atoms with Gasteiger partial charge in [0.1, 0.15) is 23.8 Å². The monoisotopic (exact) mass is 273 g/mol. The average Bonchev–Trinajstić information content (AvgIpc) is 3.21. The molecule has 0 bridgehead atoms. The molecule has 20 heavy (non-hydrogen) atoms. The first-order valence-electron chi connectivity index (χ1n) is 6.96. The number of anilines is 2. The van der Waals surface area contributed by atoms with E-state index in [2.05, 4.69) is 37.7 Å². The minimum absolute atomic E-state index is 0.531. The highest BCUT2D eigenvalue weighted by atomic mass is 15.3. The van der Waals surface area contributed by atoms with Crippen LogP contribution in [0.25, 0.3) is 0 Å². The van der Waals surface area contributed by atoms with Crippen molar-refractivity contribution in [2.75, 3.05) is 17.2 Å². The highest BCUT2D eigenvalue weighted by Crippen LogP contribution is 2.38. The second-order valence-electron chi connectivity index (χ2n) is 5.01. The van der Waals surface area contributed by atoms with Gasteiger partial charge in [-0.05, 0) is 19.8 Å². The second kappa shape index (κ2) is 5.44. The quantitative estimate of drug-likeness (QED) is 0.830. The molecule has 2 N–H and O–H groups in total. The summed E-state index contributed by atoms with van der Waals surface area (Å²) in [6.07, 6.45) is 4.08. The lowest BCUT2D eigenvalue weighted by molar-refractivity contribution is 0.807. The summed E-state index contributed by atoms with van der Waals surface area (Å²) >= 11 is 0. The Labute approximate surface area is 117 Å². The van der Waals surface area contributed by atoms with E-state index in [1.165, 1.54) is 12.8 Å². The largest absolute Gasteiger partial charge is 0.370 e. The molecule has 2 heterocycles. The van der Waals surface area contributed by atoms with Crippen LogP contribution < -0.4 is 10.6 Å². The van der Waals surface area contributed by atoms with Crippen molar-refractivity contribution >= 4 is 11.6 Å². The average molecular weight is 273 g/mol. The molecule has 0 aromatic carbocycles. The lowest BCUT2D eigenvalue weighted by Crippen LogP contribution is -2.10. The van der Waals surface area contributed by atoms with Crippen LogP contribution in [-0.4, -0.2) is 31.3 Å². The molecule has 0 saturated heterocycles. The Bertz CT molecular complexity index is 588. The van der Waals surface area contributed by atoms with Crippen molar-refractivity contribution in [1.29, 1.82) is 0 Å². The van der Waals surface area contributed by atoms with Crippen molar-refractivity contribution in [2.45, 2.75) is 32.2 Å². The van der Waals surface area contributed by atoms with Gasteiger partial charge in [-0.3, -0.25) is 0 Å². The van der Waals surface area contributed by atoms with Crippen molar-refractivity contribution in [2.24, 2.45) is 7.05 Å². The maximum atomic E-state index is 4.59. The Morgan fingerprint density at radius 2 is 2.00 bits per heavy atom. The van der Waals surface area contributed by atoms with Gasteiger partial charge < -0.3 is 15.2 Å². The number of aromatic nitrogens is 5. The first-order chi connectivity index (χ1) is 9.76. The summed E-state index contributed by atoms with van der Waals surface area (Å²) in [5, 5.41) is 14.5. The summed E-state index contributed by atoms with van der Waals surface area (Å²) in [7, 11) is 1.93. The molecule has 2 aromatic rings. The predicted octanol–water partition coefficient (Wildman–Crippen LogP) is 1.53. The smallest absolute Gasteiger partial charge is 0.151 e. The number of aryl methyl sites for hydroxylation is 1. The zero-order chi connectivity index (χ0) is 13.9. The zero-order valence-corrected chi connectivity index (χ0v) is 11.8. The standard InChI is InChI=1S/C13H19N7/c1-3-14-10-6-11(18-13(17-10)9-4-5-9)15-7-12-19-16-8-20(12)2/h6,8-9H,3-5,7H2,1-2H3,(H2,14,15,17,18). The van der Waals surface area contributed by atoms with Crippen LogP contribution in [0.5, 0.6) is 0 Å². The Hall–Kier alpha value is -2.18. The van der Waals surface area contributed by atoms with E-state index < -0.39 is 0 Å². The molecule has 1 aliphatic carbocycles. The van der Waals surface area contributed by atoms with Crippen molar-refractivity contribution < 1.29 is 0 Å². The summed E-state index contributed by atoms with van der Waals surface area (Å²) in [6.45, 7) is 3.51. The molecule has 0 radical (unpaired) electrons. The number of rotatable bonds is 6. The lowest BCUT2D eigenvalue weighted by atomic mass is 10.3. The number of hydrogen-bond acceptors (Lipinski definition) is 6. The minimum Gasteiger partial charge on any atom is -0.370 e. The van der Waals surface area contributed by atoms with Crippen LogP contribution in [0.1, 0.15) is 37.3 Å². The van der Waals surface area contributed by atoms with Gasteiger partial charge in [-0.15, -0.1) is 10.2 Å². The van der Waals surface area contributed by atoms with E-state index in [-0.39, 0.29) is 0 Å². The van der Waals surface area contributed by atoms with Crippen molar-refractivity contribution in [1.82, 2.24) is 24.7 Å². The van der Waals surface area contributed by atoms with Crippen LogP contribution in [0.4, 0.5) is 11.6 Å². The third-order valence-electron chi connectivity index (χ3n) is 3.28. The summed E-state index contributed by atoms with van der Waals surface area (Å²) < 4.78 is 1.89. The summed E-state index contributed by atoms with van der Waals surface area (Å²) in [5.41, 5.74) is 0. The van der Waals surface area contributed by atoms with Gasteiger partial charge in [0.05, 0.1) is 6.54 Å². The van der Waals surface area contributed by atoms with Gasteiger partial charge in [0.25, 0.3) is 0 Å². The minimum atomic E-state index is 0.531. The Balaban J connectivity index is 1.75. The van der Waals surface area contributed by atoms with Crippen LogP contribution in [0.2, 0.25) is 0 Å². The fourth-order valence-electron chi connectivity index (χ4n) is 1.99. The fraction of sp³-hybridized carbons (Fsp3) is 0.538. The SMILES string of the molecule is CCNc1cc(NCc2nncn2C)nc(C2CC2)n1. The predicted molar refractivity (Wildman–Crippen MR) is 76.5 cm³/mol. The van der Waals surface area contributed by atoms with Crippen LogP contribution >= 0.6 is 0 Å². The van der Waals surface area contributed by atoms with E-state index in [0.717, 1.165) is 29.8 Å². The Morgan fingerprint density at radius 1 is 1.25 bits per heavy atom. The molecule has 1 fully saturated rings. The van der Waals surface area contributed by atoms with E-state index in [4.69, 9.17) is 0 Å². The third-order valence-corrected chi connectivity index (χ3v) is 3.28. The zero-order valence-electron chi connectivity index (χ0n) is 11.8. The number of nitrogens with one attached hydrogen (secondary N) is 2. The van der Waals surface area contributed by atoms with E-state index >= 15 is 0 Å². The van der Waals surface area contributed by atoms with Gasteiger partial charge in [0, 0.05) is 25.6 Å². The van der Waals surface area contributed by atoms with Crippen molar-refractivity contribution in [3.8, 4) is 0 Å². The molecule has 0 aliphatic heterocycles. The van der Waals surface area contributed by atoms with Gasteiger partial charge in [0.2, 0.25) is 0 Å². The van der Waals surface area contributed by atoms with Crippen molar-refractivity contribution in [3.63, 3.8) is 0 Å². The van der Waals surface area contributed by atoms with Crippen LogP contribution in [0, 0.1) is 0 Å².